The molecule has 0 radical (unpaired) electrons. The number of aliphatic hydroxyl groups is 1. The fourth-order valence-electron chi connectivity index (χ4n) is 5.66. The Balaban J connectivity index is 1.26. The minimum Gasteiger partial charge on any atom is -0.414 e. The normalized spacial score (nSPS) is 19.7. The van der Waals surface area contributed by atoms with E-state index in [2.05, 4.69) is 0 Å². The highest BCUT2D eigenvalue weighted by atomic mass is 31.2. The number of benzene rings is 5. The molecule has 8 nitrogen and oxygen atoms in total. The molecule has 1 heterocycles. The van der Waals surface area contributed by atoms with Crippen LogP contribution >= 0.6 is 7.60 Å². The zero-order chi connectivity index (χ0) is 33.7. The molecular formula is C40H41O8P. The molecule has 1 aliphatic heterocycles. The molecule has 1 saturated heterocycles. The molecule has 0 aromatic heterocycles. The van der Waals surface area contributed by atoms with Crippen molar-refractivity contribution in [3.05, 3.63) is 168 Å². The minimum atomic E-state index is -4.23. The monoisotopic (exact) mass is 680 g/mol. The standard InChI is InChI=1S/C40H41O8P/c41-38(49(42,47-34-22-12-4-13-23-34)48-35-24-14-5-15-25-35)26-36-39(44-28-32-18-8-2-9-19-32)40(45-29-33-20-10-3-11-21-33)37(46-36)30-43-27-31-16-6-1-7-17-31/h1-25,36-41H,26-30H2/t36-,37-,38-,39-,40-/m1/s1. The Morgan fingerprint density at radius 2 is 0.939 bits per heavy atom. The molecule has 5 atom stereocenters. The molecule has 5 aromatic rings. The van der Waals surface area contributed by atoms with Crippen molar-refractivity contribution in [3.8, 4) is 11.5 Å². The number of aliphatic hydroxyl groups excluding tert-OH is 1. The summed E-state index contributed by atoms with van der Waals surface area (Å²) in [6, 6.07) is 46.9. The number of hydrogen-bond donors (Lipinski definition) is 1. The molecule has 9 heteroatoms. The number of para-hydroxylation sites is 2. The number of rotatable bonds is 17. The SMILES string of the molecule is O=P(Oc1ccccc1)(Oc1ccccc1)[C@@H](O)C[C@H]1O[C@H](COCc2ccccc2)[C@@H](OCc2ccccc2)[C@@H]1OCc1ccccc1. The Morgan fingerprint density at radius 1 is 0.551 bits per heavy atom. The highest BCUT2D eigenvalue weighted by Gasteiger charge is 2.50. The van der Waals surface area contributed by atoms with Crippen LogP contribution < -0.4 is 9.05 Å². The summed E-state index contributed by atoms with van der Waals surface area (Å²) in [5, 5.41) is 11.7. The van der Waals surface area contributed by atoms with Crippen LogP contribution in [0, 0.1) is 0 Å². The van der Waals surface area contributed by atoms with Crippen molar-refractivity contribution in [1.82, 2.24) is 0 Å². The minimum absolute atomic E-state index is 0.114. The van der Waals surface area contributed by atoms with Gasteiger partial charge in [0.1, 0.15) is 29.8 Å². The van der Waals surface area contributed by atoms with Crippen molar-refractivity contribution in [1.29, 1.82) is 0 Å². The van der Waals surface area contributed by atoms with Crippen LogP contribution in [0.5, 0.6) is 11.5 Å². The van der Waals surface area contributed by atoms with Crippen LogP contribution in [0.2, 0.25) is 0 Å². The molecule has 1 aliphatic rings. The highest BCUT2D eigenvalue weighted by Crippen LogP contribution is 2.54. The van der Waals surface area contributed by atoms with Crippen molar-refractivity contribution >= 4 is 7.60 Å². The third-order valence-electron chi connectivity index (χ3n) is 8.13. The summed E-state index contributed by atoms with van der Waals surface area (Å²) < 4.78 is 52.2. The van der Waals surface area contributed by atoms with Crippen molar-refractivity contribution < 1.29 is 37.7 Å². The van der Waals surface area contributed by atoms with E-state index in [1.54, 1.807) is 48.5 Å². The van der Waals surface area contributed by atoms with Crippen LogP contribution in [0.4, 0.5) is 0 Å². The Hall–Kier alpha value is -4.27. The number of ether oxygens (including phenoxy) is 4. The van der Waals surface area contributed by atoms with E-state index in [0.717, 1.165) is 16.7 Å². The molecule has 0 aliphatic carbocycles. The molecule has 254 valence electrons. The number of hydrogen-bond acceptors (Lipinski definition) is 8. The zero-order valence-corrected chi connectivity index (χ0v) is 28.0. The smallest absolute Gasteiger partial charge is 0.414 e. The van der Waals surface area contributed by atoms with Gasteiger partial charge >= 0.3 is 7.60 Å². The summed E-state index contributed by atoms with van der Waals surface area (Å²) in [6.07, 6.45) is -2.62. The van der Waals surface area contributed by atoms with Crippen molar-refractivity contribution in [2.75, 3.05) is 6.61 Å². The van der Waals surface area contributed by atoms with Crippen molar-refractivity contribution in [3.63, 3.8) is 0 Å². The van der Waals surface area contributed by atoms with Gasteiger partial charge < -0.3 is 33.1 Å². The molecule has 6 rings (SSSR count). The van der Waals surface area contributed by atoms with Gasteiger partial charge in [0.25, 0.3) is 0 Å². The molecule has 49 heavy (non-hydrogen) atoms. The molecule has 0 unspecified atom stereocenters. The lowest BCUT2D eigenvalue weighted by molar-refractivity contribution is -0.0899. The molecule has 5 aromatic carbocycles. The van der Waals surface area contributed by atoms with Crippen LogP contribution in [-0.4, -0.2) is 42.0 Å². The predicted molar refractivity (Wildman–Crippen MR) is 187 cm³/mol. The first kappa shape index (κ1) is 34.6. The van der Waals surface area contributed by atoms with Crippen molar-refractivity contribution in [2.24, 2.45) is 0 Å². The lowest BCUT2D eigenvalue weighted by atomic mass is 10.0. The van der Waals surface area contributed by atoms with Gasteiger partial charge in [-0.1, -0.05) is 127 Å². The first-order valence-corrected chi connectivity index (χ1v) is 18.0. The maximum atomic E-state index is 14.5. The van der Waals surface area contributed by atoms with E-state index in [9.17, 15) is 9.67 Å². The average molecular weight is 681 g/mol. The summed E-state index contributed by atoms with van der Waals surface area (Å²) in [4.78, 5) is 0. The van der Waals surface area contributed by atoms with E-state index in [1.165, 1.54) is 0 Å². The van der Waals surface area contributed by atoms with Gasteiger partial charge in [0.15, 0.2) is 5.85 Å². The second-order valence-electron chi connectivity index (χ2n) is 11.8. The van der Waals surface area contributed by atoms with Crippen LogP contribution in [0.3, 0.4) is 0 Å². The summed E-state index contributed by atoms with van der Waals surface area (Å²) in [5.74, 6) is -0.956. The van der Waals surface area contributed by atoms with E-state index in [4.69, 9.17) is 28.0 Å². The molecule has 0 spiro atoms. The molecule has 0 bridgehead atoms. The van der Waals surface area contributed by atoms with E-state index < -0.39 is 37.9 Å². The molecular weight excluding hydrogens is 639 g/mol. The third kappa shape index (κ3) is 9.89. The van der Waals surface area contributed by atoms with Gasteiger partial charge in [-0.25, -0.2) is 4.57 Å². The Bertz CT molecular complexity index is 1670. The summed E-state index contributed by atoms with van der Waals surface area (Å²) >= 11 is 0. The fourth-order valence-corrected chi connectivity index (χ4v) is 7.24. The molecule has 0 amide bonds. The second-order valence-corrected chi connectivity index (χ2v) is 13.8. The van der Waals surface area contributed by atoms with Crippen LogP contribution in [0.1, 0.15) is 23.1 Å². The fraction of sp³-hybridized carbons (Fsp3) is 0.250. The van der Waals surface area contributed by atoms with Gasteiger partial charge in [0.2, 0.25) is 0 Å². The summed E-state index contributed by atoms with van der Waals surface area (Å²) in [7, 11) is -4.23. The van der Waals surface area contributed by atoms with Crippen LogP contribution in [0.25, 0.3) is 0 Å². The van der Waals surface area contributed by atoms with Gasteiger partial charge in [-0.2, -0.15) is 0 Å². The summed E-state index contributed by atoms with van der Waals surface area (Å²) in [6.45, 7) is 1.20. The average Bonchev–Trinajstić information content (AvgIpc) is 3.47. The van der Waals surface area contributed by atoms with Crippen molar-refractivity contribution in [2.45, 2.75) is 56.5 Å². The Kier molecular flexibility index (Phi) is 12.3. The topological polar surface area (TPSA) is 92.7 Å². The zero-order valence-electron chi connectivity index (χ0n) is 27.1. The Morgan fingerprint density at radius 3 is 1.39 bits per heavy atom. The lowest BCUT2D eigenvalue weighted by Crippen LogP contribution is -2.40. The quantitative estimate of drug-likeness (QED) is 0.0984. The van der Waals surface area contributed by atoms with Gasteiger partial charge in [0.05, 0.1) is 32.5 Å². The predicted octanol–water partition coefficient (Wildman–Crippen LogP) is 8.20. The van der Waals surface area contributed by atoms with E-state index in [1.807, 2.05) is 103 Å². The van der Waals surface area contributed by atoms with Crippen LogP contribution in [-0.2, 0) is 43.3 Å². The Labute approximate surface area is 287 Å². The highest BCUT2D eigenvalue weighted by molar-refractivity contribution is 7.55. The first-order chi connectivity index (χ1) is 24.1. The molecule has 0 saturated carbocycles. The second kappa shape index (κ2) is 17.4. The van der Waals surface area contributed by atoms with Gasteiger partial charge in [-0.05, 0) is 41.0 Å². The first-order valence-electron chi connectivity index (χ1n) is 16.4. The van der Waals surface area contributed by atoms with E-state index in [0.29, 0.717) is 24.7 Å². The maximum Gasteiger partial charge on any atom is 0.459 e. The molecule has 1 fully saturated rings. The van der Waals surface area contributed by atoms with Crippen LogP contribution in [0.15, 0.2) is 152 Å². The van der Waals surface area contributed by atoms with E-state index in [-0.39, 0.29) is 19.6 Å². The summed E-state index contributed by atoms with van der Waals surface area (Å²) in [5.41, 5.74) is 3.00. The lowest BCUT2D eigenvalue weighted by Gasteiger charge is -2.28. The third-order valence-corrected chi connectivity index (χ3v) is 10.0. The van der Waals surface area contributed by atoms with Gasteiger partial charge in [0, 0.05) is 6.42 Å². The van der Waals surface area contributed by atoms with E-state index >= 15 is 0 Å². The molecule has 1 N–H and O–H groups in total. The maximum absolute atomic E-state index is 14.5. The van der Waals surface area contributed by atoms with Gasteiger partial charge in [-0.3, -0.25) is 0 Å². The largest absolute Gasteiger partial charge is 0.459 e. The van der Waals surface area contributed by atoms with Gasteiger partial charge in [-0.15, -0.1) is 0 Å².